The van der Waals surface area contributed by atoms with E-state index < -0.39 is 5.60 Å². The number of anilines is 1. The van der Waals surface area contributed by atoms with Crippen LogP contribution in [-0.4, -0.2) is 48.3 Å². The van der Waals surface area contributed by atoms with Crippen LogP contribution >= 0.6 is 15.9 Å². The molecule has 0 spiro atoms. The Kier molecular flexibility index (Phi) is 4.67. The molecular weight excluding hydrogens is 324 g/mol. The van der Waals surface area contributed by atoms with Crippen LogP contribution in [0.4, 0.5) is 5.69 Å². The molecule has 0 aliphatic carbocycles. The normalized spacial score (nSPS) is 17.8. The van der Waals surface area contributed by atoms with Gasteiger partial charge in [-0.1, -0.05) is 15.9 Å². The van der Waals surface area contributed by atoms with E-state index in [1.54, 1.807) is 25.2 Å². The lowest BCUT2D eigenvalue weighted by atomic mass is 9.93. The van der Waals surface area contributed by atoms with E-state index in [9.17, 15) is 9.90 Å². The van der Waals surface area contributed by atoms with E-state index in [4.69, 9.17) is 10.5 Å². The molecule has 2 rings (SSSR count). The standard InChI is InChI=1S/C14H19BrN2O3/c1-17(9-14(19)4-6-20-7-5-14)13(18)11-8-10(15)2-3-12(11)16/h2-3,8,19H,4-7,9,16H2,1H3. The van der Waals surface area contributed by atoms with E-state index in [0.29, 0.717) is 37.3 Å². The van der Waals surface area contributed by atoms with Gasteiger partial charge in [-0.15, -0.1) is 0 Å². The van der Waals surface area contributed by atoms with Gasteiger partial charge in [0.2, 0.25) is 0 Å². The largest absolute Gasteiger partial charge is 0.398 e. The minimum Gasteiger partial charge on any atom is -0.398 e. The first kappa shape index (κ1) is 15.3. The summed E-state index contributed by atoms with van der Waals surface area (Å²) >= 11 is 3.33. The van der Waals surface area contributed by atoms with Crippen LogP contribution in [0.2, 0.25) is 0 Å². The summed E-state index contributed by atoms with van der Waals surface area (Å²) in [4.78, 5) is 13.9. The first-order chi connectivity index (χ1) is 9.41. The van der Waals surface area contributed by atoms with Gasteiger partial charge in [-0.05, 0) is 18.2 Å². The molecule has 0 radical (unpaired) electrons. The molecule has 1 heterocycles. The van der Waals surface area contributed by atoms with E-state index in [1.165, 1.54) is 4.90 Å². The molecule has 1 amide bonds. The van der Waals surface area contributed by atoms with Crippen LogP contribution in [0.5, 0.6) is 0 Å². The number of likely N-dealkylation sites (N-methyl/N-ethyl adjacent to an activating group) is 1. The third-order valence-corrected chi connectivity index (χ3v) is 4.04. The van der Waals surface area contributed by atoms with Crippen molar-refractivity contribution >= 4 is 27.5 Å². The lowest BCUT2D eigenvalue weighted by Gasteiger charge is -2.35. The molecule has 1 saturated heterocycles. The van der Waals surface area contributed by atoms with Crippen LogP contribution in [0.3, 0.4) is 0 Å². The van der Waals surface area contributed by atoms with Crippen LogP contribution in [0.25, 0.3) is 0 Å². The van der Waals surface area contributed by atoms with Gasteiger partial charge < -0.3 is 20.5 Å². The number of carbonyl (C=O) groups excluding carboxylic acids is 1. The minimum absolute atomic E-state index is 0.191. The predicted molar refractivity (Wildman–Crippen MR) is 80.5 cm³/mol. The zero-order chi connectivity index (χ0) is 14.8. The second kappa shape index (κ2) is 6.11. The highest BCUT2D eigenvalue weighted by Crippen LogP contribution is 2.24. The van der Waals surface area contributed by atoms with E-state index in [-0.39, 0.29) is 12.5 Å². The maximum Gasteiger partial charge on any atom is 0.255 e. The van der Waals surface area contributed by atoms with Crippen molar-refractivity contribution in [2.24, 2.45) is 0 Å². The third-order valence-electron chi connectivity index (χ3n) is 3.55. The monoisotopic (exact) mass is 342 g/mol. The van der Waals surface area contributed by atoms with Crippen LogP contribution in [0.15, 0.2) is 22.7 Å². The van der Waals surface area contributed by atoms with Crippen molar-refractivity contribution in [2.75, 3.05) is 32.5 Å². The number of hydrogen-bond acceptors (Lipinski definition) is 4. The number of ether oxygens (including phenoxy) is 1. The fourth-order valence-corrected chi connectivity index (χ4v) is 2.70. The molecule has 1 aliphatic rings. The Labute approximate surface area is 126 Å². The maximum absolute atomic E-state index is 12.4. The molecule has 5 nitrogen and oxygen atoms in total. The van der Waals surface area contributed by atoms with E-state index in [2.05, 4.69) is 15.9 Å². The average Bonchev–Trinajstić information content (AvgIpc) is 2.41. The van der Waals surface area contributed by atoms with Crippen molar-refractivity contribution in [1.29, 1.82) is 0 Å². The van der Waals surface area contributed by atoms with Crippen LogP contribution in [0.1, 0.15) is 23.2 Å². The number of halogens is 1. The Bertz CT molecular complexity index is 501. The van der Waals surface area contributed by atoms with Crippen LogP contribution in [-0.2, 0) is 4.74 Å². The number of benzene rings is 1. The summed E-state index contributed by atoms with van der Waals surface area (Å²) in [5.41, 5.74) is 5.85. The molecular formula is C14H19BrN2O3. The van der Waals surface area contributed by atoms with Crippen molar-refractivity contribution in [3.05, 3.63) is 28.2 Å². The molecule has 20 heavy (non-hydrogen) atoms. The molecule has 0 atom stereocenters. The Balaban J connectivity index is 2.10. The number of nitrogens with two attached hydrogens (primary N) is 1. The number of rotatable bonds is 3. The van der Waals surface area contributed by atoms with Gasteiger partial charge in [0.25, 0.3) is 5.91 Å². The Morgan fingerprint density at radius 1 is 1.50 bits per heavy atom. The lowest BCUT2D eigenvalue weighted by Crippen LogP contribution is -2.47. The van der Waals surface area contributed by atoms with Gasteiger partial charge in [0.1, 0.15) is 0 Å². The Morgan fingerprint density at radius 2 is 2.15 bits per heavy atom. The van der Waals surface area contributed by atoms with Crippen molar-refractivity contribution in [3.63, 3.8) is 0 Å². The Hall–Kier alpha value is -1.11. The summed E-state index contributed by atoms with van der Waals surface area (Å²) in [7, 11) is 1.68. The molecule has 6 heteroatoms. The number of amides is 1. The van der Waals surface area contributed by atoms with Gasteiger partial charge in [-0.2, -0.15) is 0 Å². The lowest BCUT2D eigenvalue weighted by molar-refractivity contribution is -0.0734. The summed E-state index contributed by atoms with van der Waals surface area (Å²) in [5, 5.41) is 10.4. The fraction of sp³-hybridized carbons (Fsp3) is 0.500. The smallest absolute Gasteiger partial charge is 0.255 e. The van der Waals surface area contributed by atoms with Gasteiger partial charge in [0.05, 0.1) is 11.2 Å². The zero-order valence-electron chi connectivity index (χ0n) is 11.4. The van der Waals surface area contributed by atoms with Gasteiger partial charge >= 0.3 is 0 Å². The first-order valence-electron chi connectivity index (χ1n) is 6.52. The minimum atomic E-state index is -0.872. The van der Waals surface area contributed by atoms with E-state index >= 15 is 0 Å². The molecule has 3 N–H and O–H groups in total. The molecule has 1 aromatic carbocycles. The molecule has 1 aliphatic heterocycles. The zero-order valence-corrected chi connectivity index (χ0v) is 13.0. The van der Waals surface area contributed by atoms with Crippen molar-refractivity contribution in [3.8, 4) is 0 Å². The Morgan fingerprint density at radius 3 is 2.80 bits per heavy atom. The highest BCUT2D eigenvalue weighted by Gasteiger charge is 2.32. The number of hydrogen-bond donors (Lipinski definition) is 2. The molecule has 0 saturated carbocycles. The summed E-state index contributed by atoms with van der Waals surface area (Å²) in [6.45, 7) is 1.33. The highest BCUT2D eigenvalue weighted by atomic mass is 79.9. The topological polar surface area (TPSA) is 75.8 Å². The average molecular weight is 343 g/mol. The number of nitrogens with zero attached hydrogens (tertiary/aromatic N) is 1. The van der Waals surface area contributed by atoms with Crippen molar-refractivity contribution < 1.29 is 14.6 Å². The SMILES string of the molecule is CN(CC1(O)CCOCC1)C(=O)c1cc(Br)ccc1N. The van der Waals surface area contributed by atoms with Gasteiger partial charge in [-0.3, -0.25) is 4.79 Å². The van der Waals surface area contributed by atoms with Crippen LogP contribution in [0, 0.1) is 0 Å². The van der Waals surface area contributed by atoms with Crippen molar-refractivity contribution in [2.45, 2.75) is 18.4 Å². The summed E-state index contributed by atoms with van der Waals surface area (Å²) in [6.07, 6.45) is 1.08. The molecule has 1 aromatic rings. The molecule has 1 fully saturated rings. The van der Waals surface area contributed by atoms with Crippen LogP contribution < -0.4 is 5.73 Å². The maximum atomic E-state index is 12.4. The molecule has 0 unspecified atom stereocenters. The van der Waals surface area contributed by atoms with E-state index in [1.807, 2.05) is 0 Å². The summed E-state index contributed by atoms with van der Waals surface area (Å²) in [5.74, 6) is -0.191. The fourth-order valence-electron chi connectivity index (χ4n) is 2.34. The number of carbonyl (C=O) groups is 1. The number of aliphatic hydroxyl groups is 1. The van der Waals surface area contributed by atoms with Crippen molar-refractivity contribution in [1.82, 2.24) is 4.90 Å². The van der Waals surface area contributed by atoms with Gasteiger partial charge in [0, 0.05) is 49.8 Å². The van der Waals surface area contributed by atoms with Gasteiger partial charge in [0.15, 0.2) is 0 Å². The second-order valence-corrected chi connectivity index (χ2v) is 6.15. The van der Waals surface area contributed by atoms with Gasteiger partial charge in [-0.25, -0.2) is 0 Å². The third kappa shape index (κ3) is 3.50. The molecule has 110 valence electrons. The highest BCUT2D eigenvalue weighted by molar-refractivity contribution is 9.10. The molecule has 0 aromatic heterocycles. The van der Waals surface area contributed by atoms with E-state index in [0.717, 1.165) is 4.47 Å². The summed E-state index contributed by atoms with van der Waals surface area (Å²) in [6, 6.07) is 5.18. The second-order valence-electron chi connectivity index (χ2n) is 5.23. The quantitative estimate of drug-likeness (QED) is 0.819. The number of nitrogen functional groups attached to an aromatic ring is 1. The molecule has 0 bridgehead atoms. The summed E-state index contributed by atoms with van der Waals surface area (Å²) < 4.78 is 6.04. The first-order valence-corrected chi connectivity index (χ1v) is 7.31. The predicted octanol–water partition coefficient (Wildman–Crippen LogP) is 1.64.